The van der Waals surface area contributed by atoms with Crippen molar-refractivity contribution in [1.82, 2.24) is 10.2 Å². The van der Waals surface area contributed by atoms with Crippen molar-refractivity contribution in [2.75, 3.05) is 6.79 Å². The average Bonchev–Trinajstić information content (AvgIpc) is 3.60. The highest BCUT2D eigenvalue weighted by atomic mass is 16.7. The summed E-state index contributed by atoms with van der Waals surface area (Å²) < 4.78 is 16.5. The van der Waals surface area contributed by atoms with Gasteiger partial charge >= 0.3 is 0 Å². The van der Waals surface area contributed by atoms with E-state index in [1.807, 2.05) is 12.1 Å². The number of fused-ring (bicyclic) bond motifs is 1. The highest BCUT2D eigenvalue weighted by Gasteiger charge is 2.48. The van der Waals surface area contributed by atoms with Crippen LogP contribution in [0, 0.1) is 0 Å². The Morgan fingerprint density at radius 2 is 1.78 bits per heavy atom. The van der Waals surface area contributed by atoms with Crippen molar-refractivity contribution in [2.24, 2.45) is 0 Å². The number of nitrogens with zero attached hydrogens (tertiary/aromatic N) is 1. The number of furan rings is 1. The van der Waals surface area contributed by atoms with Crippen LogP contribution in [-0.4, -0.2) is 35.1 Å². The second kappa shape index (κ2) is 8.88. The summed E-state index contributed by atoms with van der Waals surface area (Å²) in [5, 5.41) is 3.29. The highest BCUT2D eigenvalue weighted by molar-refractivity contribution is 6.00. The number of carbonyl (C=O) groups is 2. The van der Waals surface area contributed by atoms with Gasteiger partial charge < -0.3 is 24.1 Å². The Bertz CT molecular complexity index is 959. The molecule has 7 heteroatoms. The van der Waals surface area contributed by atoms with Crippen LogP contribution in [0.2, 0.25) is 0 Å². The molecule has 1 N–H and O–H groups in total. The minimum absolute atomic E-state index is 0.0234. The second-order valence-corrected chi connectivity index (χ2v) is 9.09. The molecule has 0 spiro atoms. The largest absolute Gasteiger partial charge is 0.467 e. The van der Waals surface area contributed by atoms with Crippen molar-refractivity contribution in [3.63, 3.8) is 0 Å². The first kappa shape index (κ1) is 20.9. The number of carbonyl (C=O) groups excluding carboxylic acids is 2. The van der Waals surface area contributed by atoms with E-state index in [0.29, 0.717) is 35.7 Å². The van der Waals surface area contributed by atoms with Gasteiger partial charge in [-0.2, -0.15) is 0 Å². The number of benzene rings is 1. The standard InChI is InChI=1S/C25H30N2O5/c28-23(18-10-11-21-22(15-18)32-17-31-21)27(16-20-9-6-14-30-20)25(12-4-1-5-13-25)24(29)26-19-7-2-3-8-19/h6,9-11,14-15,19H,1-5,7-8,12-13,16-17H2,(H,26,29). The SMILES string of the molecule is O=C(c1ccc2c(c1)OCO2)N(Cc1ccco1)C1(C(=O)NC2CCCC2)CCCCC1. The lowest BCUT2D eigenvalue weighted by atomic mass is 9.78. The van der Waals surface area contributed by atoms with Gasteiger partial charge in [0.1, 0.15) is 11.3 Å². The molecule has 5 rings (SSSR count). The first-order chi connectivity index (χ1) is 15.7. The quantitative estimate of drug-likeness (QED) is 0.722. The fourth-order valence-corrected chi connectivity index (χ4v) is 5.31. The van der Waals surface area contributed by atoms with E-state index in [1.165, 1.54) is 0 Å². The van der Waals surface area contributed by atoms with Crippen LogP contribution in [0.3, 0.4) is 0 Å². The Morgan fingerprint density at radius 3 is 2.53 bits per heavy atom. The summed E-state index contributed by atoms with van der Waals surface area (Å²) in [7, 11) is 0. The maximum Gasteiger partial charge on any atom is 0.255 e. The van der Waals surface area contributed by atoms with Crippen LogP contribution >= 0.6 is 0 Å². The molecule has 32 heavy (non-hydrogen) atoms. The lowest BCUT2D eigenvalue weighted by Crippen LogP contribution is -2.62. The van der Waals surface area contributed by atoms with Crippen LogP contribution < -0.4 is 14.8 Å². The maximum absolute atomic E-state index is 13.9. The molecular weight excluding hydrogens is 408 g/mol. The van der Waals surface area contributed by atoms with Gasteiger partial charge in [0, 0.05) is 11.6 Å². The predicted molar refractivity (Wildman–Crippen MR) is 117 cm³/mol. The Morgan fingerprint density at radius 1 is 1.00 bits per heavy atom. The zero-order chi connectivity index (χ0) is 22.0. The van der Waals surface area contributed by atoms with E-state index in [2.05, 4.69) is 5.32 Å². The minimum Gasteiger partial charge on any atom is -0.467 e. The van der Waals surface area contributed by atoms with E-state index in [4.69, 9.17) is 13.9 Å². The van der Waals surface area contributed by atoms with Crippen molar-refractivity contribution in [2.45, 2.75) is 75.9 Å². The zero-order valence-electron chi connectivity index (χ0n) is 18.3. The van der Waals surface area contributed by atoms with Gasteiger partial charge in [-0.3, -0.25) is 9.59 Å². The molecule has 2 aliphatic carbocycles. The zero-order valence-corrected chi connectivity index (χ0v) is 18.3. The molecule has 0 saturated heterocycles. The van der Waals surface area contributed by atoms with Gasteiger partial charge in [-0.1, -0.05) is 32.1 Å². The smallest absolute Gasteiger partial charge is 0.255 e. The van der Waals surface area contributed by atoms with E-state index < -0.39 is 5.54 Å². The van der Waals surface area contributed by atoms with Gasteiger partial charge in [-0.05, 0) is 56.0 Å². The number of ether oxygens (including phenoxy) is 2. The molecule has 2 saturated carbocycles. The van der Waals surface area contributed by atoms with Gasteiger partial charge in [0.25, 0.3) is 5.91 Å². The summed E-state index contributed by atoms with van der Waals surface area (Å²) in [5.41, 5.74) is -0.402. The summed E-state index contributed by atoms with van der Waals surface area (Å²) in [6.45, 7) is 0.398. The number of hydrogen-bond donors (Lipinski definition) is 1. The number of hydrogen-bond acceptors (Lipinski definition) is 5. The molecule has 0 radical (unpaired) electrons. The van der Waals surface area contributed by atoms with Gasteiger partial charge in [-0.15, -0.1) is 0 Å². The summed E-state index contributed by atoms with van der Waals surface area (Å²) in [6.07, 6.45) is 10.1. The van der Waals surface area contributed by atoms with Crippen molar-refractivity contribution < 1.29 is 23.5 Å². The topological polar surface area (TPSA) is 81.0 Å². The normalized spacial score (nSPS) is 19.6. The lowest BCUT2D eigenvalue weighted by Gasteiger charge is -2.45. The monoisotopic (exact) mass is 438 g/mol. The minimum atomic E-state index is -0.888. The van der Waals surface area contributed by atoms with E-state index in [9.17, 15) is 9.59 Å². The van der Waals surface area contributed by atoms with Crippen LogP contribution in [0.15, 0.2) is 41.0 Å². The summed E-state index contributed by atoms with van der Waals surface area (Å²) in [6, 6.07) is 9.08. The summed E-state index contributed by atoms with van der Waals surface area (Å²) in [4.78, 5) is 29.5. The molecule has 1 aliphatic heterocycles. The number of rotatable bonds is 6. The van der Waals surface area contributed by atoms with E-state index in [0.717, 1.165) is 44.9 Å². The lowest BCUT2D eigenvalue weighted by molar-refractivity contribution is -0.135. The molecule has 0 unspecified atom stereocenters. The molecule has 0 atom stereocenters. The molecule has 2 aromatic rings. The van der Waals surface area contributed by atoms with E-state index >= 15 is 0 Å². The molecule has 0 bridgehead atoms. The van der Waals surface area contributed by atoms with Crippen LogP contribution in [0.5, 0.6) is 11.5 Å². The summed E-state index contributed by atoms with van der Waals surface area (Å²) in [5.74, 6) is 1.64. The van der Waals surface area contributed by atoms with Crippen molar-refractivity contribution in [3.8, 4) is 11.5 Å². The Labute approximate surface area is 188 Å². The van der Waals surface area contributed by atoms with Gasteiger partial charge in [0.15, 0.2) is 11.5 Å². The molecule has 7 nitrogen and oxygen atoms in total. The third-order valence-corrected chi connectivity index (χ3v) is 7.07. The van der Waals surface area contributed by atoms with Crippen LogP contribution in [0.4, 0.5) is 0 Å². The molecule has 2 fully saturated rings. The van der Waals surface area contributed by atoms with Gasteiger partial charge in [0.2, 0.25) is 12.7 Å². The maximum atomic E-state index is 13.9. The van der Waals surface area contributed by atoms with Crippen LogP contribution in [-0.2, 0) is 11.3 Å². The number of amides is 2. The first-order valence-electron chi connectivity index (χ1n) is 11.7. The molecule has 170 valence electrons. The molecule has 2 heterocycles. The first-order valence-corrected chi connectivity index (χ1v) is 11.7. The second-order valence-electron chi connectivity index (χ2n) is 9.09. The van der Waals surface area contributed by atoms with E-state index in [1.54, 1.807) is 29.4 Å². The van der Waals surface area contributed by atoms with Gasteiger partial charge in [0.05, 0.1) is 12.8 Å². The highest BCUT2D eigenvalue weighted by Crippen LogP contribution is 2.38. The van der Waals surface area contributed by atoms with Gasteiger partial charge in [-0.25, -0.2) is 0 Å². The third kappa shape index (κ3) is 3.96. The summed E-state index contributed by atoms with van der Waals surface area (Å²) >= 11 is 0. The Balaban J connectivity index is 1.50. The molecule has 3 aliphatic rings. The van der Waals surface area contributed by atoms with Crippen LogP contribution in [0.25, 0.3) is 0 Å². The van der Waals surface area contributed by atoms with Crippen molar-refractivity contribution >= 4 is 11.8 Å². The number of nitrogens with one attached hydrogen (secondary N) is 1. The van der Waals surface area contributed by atoms with Crippen LogP contribution in [0.1, 0.15) is 73.9 Å². The Hall–Kier alpha value is -2.96. The Kier molecular flexibility index (Phi) is 5.81. The third-order valence-electron chi connectivity index (χ3n) is 7.07. The molecule has 1 aromatic heterocycles. The predicted octanol–water partition coefficient (Wildman–Crippen LogP) is 4.41. The molecule has 2 amide bonds. The molecule has 1 aromatic carbocycles. The van der Waals surface area contributed by atoms with E-state index in [-0.39, 0.29) is 31.2 Å². The average molecular weight is 439 g/mol. The van der Waals surface area contributed by atoms with Crippen molar-refractivity contribution in [3.05, 3.63) is 47.9 Å². The fourth-order valence-electron chi connectivity index (χ4n) is 5.31. The van der Waals surface area contributed by atoms with Crippen molar-refractivity contribution in [1.29, 1.82) is 0 Å². The fraction of sp³-hybridized carbons (Fsp3) is 0.520. The molecular formula is C25H30N2O5.